The van der Waals surface area contributed by atoms with Crippen LogP contribution in [-0.4, -0.2) is 17.9 Å². The number of Topliss-reactive ketones (excluding diaryl/α,β-unsaturated/α-hetero) is 1. The predicted octanol–water partition coefficient (Wildman–Crippen LogP) is 1.06. The molecule has 1 aliphatic heterocycles. The minimum Gasteiger partial charge on any atom is -0.462 e. The smallest absolute Gasteiger partial charge is 0.306 e. The lowest BCUT2D eigenvalue weighted by atomic mass is 9.84. The summed E-state index contributed by atoms with van der Waals surface area (Å²) < 4.78 is 5.14. The highest BCUT2D eigenvalue weighted by molar-refractivity contribution is 5.83. The van der Waals surface area contributed by atoms with Crippen molar-refractivity contribution in [2.75, 3.05) is 0 Å². The summed E-state index contributed by atoms with van der Waals surface area (Å²) in [6.07, 6.45) is 3.26. The molecule has 0 N–H and O–H groups in total. The molecule has 1 saturated heterocycles. The highest BCUT2D eigenvalue weighted by atomic mass is 16.5. The van der Waals surface area contributed by atoms with E-state index in [0.29, 0.717) is 25.0 Å². The van der Waals surface area contributed by atoms with E-state index in [2.05, 4.69) is 0 Å². The standard InChI is InChI=1S/C9H12O3/c10-8-3-2-7-5-6(8)1-4-9(11)12-7/h6-7H,1-5H2. The molecule has 0 radical (unpaired) electrons. The van der Waals surface area contributed by atoms with Crippen molar-refractivity contribution in [1.29, 1.82) is 0 Å². The van der Waals surface area contributed by atoms with E-state index in [1.54, 1.807) is 0 Å². The van der Waals surface area contributed by atoms with Gasteiger partial charge >= 0.3 is 5.97 Å². The molecule has 12 heavy (non-hydrogen) atoms. The number of esters is 1. The van der Waals surface area contributed by atoms with E-state index in [0.717, 1.165) is 12.8 Å². The normalized spacial score (nSPS) is 35.7. The number of hydrogen-bond acceptors (Lipinski definition) is 3. The van der Waals surface area contributed by atoms with E-state index < -0.39 is 0 Å². The molecule has 3 heteroatoms. The van der Waals surface area contributed by atoms with Gasteiger partial charge in [0.25, 0.3) is 0 Å². The zero-order valence-electron chi connectivity index (χ0n) is 6.91. The van der Waals surface area contributed by atoms with Gasteiger partial charge in [-0.1, -0.05) is 0 Å². The van der Waals surface area contributed by atoms with E-state index in [-0.39, 0.29) is 18.0 Å². The van der Waals surface area contributed by atoms with Crippen LogP contribution in [0.3, 0.4) is 0 Å². The topological polar surface area (TPSA) is 43.4 Å². The van der Waals surface area contributed by atoms with Crippen molar-refractivity contribution in [3.8, 4) is 0 Å². The first-order chi connectivity index (χ1) is 5.75. The maximum Gasteiger partial charge on any atom is 0.306 e. The Morgan fingerprint density at radius 3 is 2.83 bits per heavy atom. The summed E-state index contributed by atoms with van der Waals surface area (Å²) in [5, 5.41) is 0. The largest absolute Gasteiger partial charge is 0.462 e. The van der Waals surface area contributed by atoms with Crippen LogP contribution in [0, 0.1) is 5.92 Å². The molecule has 1 saturated carbocycles. The Balaban J connectivity index is 2.12. The fourth-order valence-corrected chi connectivity index (χ4v) is 2.00. The van der Waals surface area contributed by atoms with Crippen LogP contribution in [0.5, 0.6) is 0 Å². The highest BCUT2D eigenvalue weighted by Gasteiger charge is 2.33. The molecule has 0 spiro atoms. The number of ketones is 1. The van der Waals surface area contributed by atoms with Crippen molar-refractivity contribution in [2.24, 2.45) is 5.92 Å². The van der Waals surface area contributed by atoms with Crippen molar-refractivity contribution < 1.29 is 14.3 Å². The Morgan fingerprint density at radius 2 is 2.00 bits per heavy atom. The van der Waals surface area contributed by atoms with Gasteiger partial charge in [0, 0.05) is 18.8 Å². The highest BCUT2D eigenvalue weighted by Crippen LogP contribution is 2.30. The SMILES string of the molecule is O=C1CCC2CC(CCC2=O)O1. The minimum atomic E-state index is -0.128. The summed E-state index contributed by atoms with van der Waals surface area (Å²) in [5.74, 6) is 0.303. The molecule has 2 atom stereocenters. The summed E-state index contributed by atoms with van der Waals surface area (Å²) in [5.41, 5.74) is 0. The molecule has 2 fully saturated rings. The second-order valence-corrected chi connectivity index (χ2v) is 3.59. The third kappa shape index (κ3) is 1.36. The van der Waals surface area contributed by atoms with E-state index in [4.69, 9.17) is 4.74 Å². The lowest BCUT2D eigenvalue weighted by Crippen LogP contribution is -2.27. The van der Waals surface area contributed by atoms with Crippen molar-refractivity contribution in [1.82, 2.24) is 0 Å². The molecule has 0 aromatic rings. The summed E-state index contributed by atoms with van der Waals surface area (Å²) in [7, 11) is 0. The number of carbonyl (C=O) groups excluding carboxylic acids is 2. The number of ether oxygens (including phenoxy) is 1. The van der Waals surface area contributed by atoms with E-state index >= 15 is 0 Å². The number of rotatable bonds is 0. The third-order valence-corrected chi connectivity index (χ3v) is 2.71. The first-order valence-electron chi connectivity index (χ1n) is 4.48. The first-order valence-corrected chi connectivity index (χ1v) is 4.48. The van der Waals surface area contributed by atoms with Gasteiger partial charge in [0.15, 0.2) is 0 Å². The molecular formula is C9H12O3. The second kappa shape index (κ2) is 2.88. The van der Waals surface area contributed by atoms with Crippen LogP contribution in [-0.2, 0) is 14.3 Å². The molecular weight excluding hydrogens is 156 g/mol. The molecule has 2 unspecified atom stereocenters. The molecule has 0 amide bonds. The van der Waals surface area contributed by atoms with Gasteiger partial charge in [-0.2, -0.15) is 0 Å². The van der Waals surface area contributed by atoms with Gasteiger partial charge in [0.05, 0.1) is 0 Å². The lowest BCUT2D eigenvalue weighted by Gasteiger charge is -2.23. The number of fused-ring (bicyclic) bond motifs is 2. The third-order valence-electron chi connectivity index (χ3n) is 2.71. The minimum absolute atomic E-state index is 0.0303. The van der Waals surface area contributed by atoms with Crippen molar-refractivity contribution >= 4 is 11.8 Å². The van der Waals surface area contributed by atoms with Gasteiger partial charge in [0.2, 0.25) is 0 Å². The average molecular weight is 168 g/mol. The predicted molar refractivity (Wildman–Crippen MR) is 41.5 cm³/mol. The van der Waals surface area contributed by atoms with Crippen LogP contribution < -0.4 is 0 Å². The van der Waals surface area contributed by atoms with Crippen LogP contribution in [0.4, 0.5) is 0 Å². The van der Waals surface area contributed by atoms with Crippen molar-refractivity contribution in [3.63, 3.8) is 0 Å². The monoisotopic (exact) mass is 168 g/mol. The Hall–Kier alpha value is -0.860. The Kier molecular flexibility index (Phi) is 1.87. The molecule has 1 aliphatic carbocycles. The van der Waals surface area contributed by atoms with Crippen LogP contribution in [0.15, 0.2) is 0 Å². The van der Waals surface area contributed by atoms with Gasteiger partial charge in [-0.05, 0) is 19.3 Å². The van der Waals surface area contributed by atoms with Crippen molar-refractivity contribution in [3.05, 3.63) is 0 Å². The fraction of sp³-hybridized carbons (Fsp3) is 0.778. The number of hydrogen-bond donors (Lipinski definition) is 0. The summed E-state index contributed by atoms with van der Waals surface area (Å²) in [6, 6.07) is 0. The van der Waals surface area contributed by atoms with Gasteiger partial charge in [-0.25, -0.2) is 0 Å². The molecule has 0 aromatic carbocycles. The Labute approximate surface area is 71.1 Å². The van der Waals surface area contributed by atoms with Crippen molar-refractivity contribution in [2.45, 2.75) is 38.2 Å². The van der Waals surface area contributed by atoms with Crippen LogP contribution in [0.2, 0.25) is 0 Å². The van der Waals surface area contributed by atoms with Gasteiger partial charge in [0.1, 0.15) is 11.9 Å². The first kappa shape index (κ1) is 7.77. The summed E-state index contributed by atoms with van der Waals surface area (Å²) in [6.45, 7) is 0. The molecule has 66 valence electrons. The van der Waals surface area contributed by atoms with Crippen LogP contribution in [0.1, 0.15) is 32.1 Å². The lowest BCUT2D eigenvalue weighted by molar-refractivity contribution is -0.149. The van der Waals surface area contributed by atoms with E-state index in [1.165, 1.54) is 0 Å². The summed E-state index contributed by atoms with van der Waals surface area (Å²) in [4.78, 5) is 22.3. The molecule has 1 heterocycles. The maximum atomic E-state index is 11.3. The average Bonchev–Trinajstić information content (AvgIpc) is 2.19. The van der Waals surface area contributed by atoms with Crippen LogP contribution in [0.25, 0.3) is 0 Å². The molecule has 3 nitrogen and oxygen atoms in total. The Bertz CT molecular complexity index is 222. The zero-order valence-corrected chi connectivity index (χ0v) is 6.91. The molecule has 2 bridgehead atoms. The second-order valence-electron chi connectivity index (χ2n) is 3.59. The fourth-order valence-electron chi connectivity index (χ4n) is 2.00. The Morgan fingerprint density at radius 1 is 1.17 bits per heavy atom. The van der Waals surface area contributed by atoms with E-state index in [1.807, 2.05) is 0 Å². The summed E-state index contributed by atoms with van der Waals surface area (Å²) >= 11 is 0. The van der Waals surface area contributed by atoms with E-state index in [9.17, 15) is 9.59 Å². The van der Waals surface area contributed by atoms with Crippen LogP contribution >= 0.6 is 0 Å². The van der Waals surface area contributed by atoms with Gasteiger partial charge in [-0.15, -0.1) is 0 Å². The molecule has 0 aromatic heterocycles. The maximum absolute atomic E-state index is 11.3. The van der Waals surface area contributed by atoms with Gasteiger partial charge < -0.3 is 4.74 Å². The quantitative estimate of drug-likeness (QED) is 0.508. The molecule has 2 rings (SSSR count). The van der Waals surface area contributed by atoms with Gasteiger partial charge in [-0.3, -0.25) is 9.59 Å². The number of carbonyl (C=O) groups is 2. The zero-order chi connectivity index (χ0) is 8.55. The molecule has 2 aliphatic rings.